The molecule has 2 amide bonds. The van der Waals surface area contributed by atoms with Crippen molar-refractivity contribution in [2.75, 3.05) is 18.1 Å². The summed E-state index contributed by atoms with van der Waals surface area (Å²) >= 11 is 0. The summed E-state index contributed by atoms with van der Waals surface area (Å²) in [5.74, 6) is -2.34. The fourth-order valence-electron chi connectivity index (χ4n) is 1.91. The molecule has 0 aliphatic carbocycles. The average molecular weight is 334 g/mol. The van der Waals surface area contributed by atoms with Gasteiger partial charge < -0.3 is 19.8 Å². The monoisotopic (exact) mass is 334 g/mol. The first-order valence-corrected chi connectivity index (χ1v) is 7.01. The zero-order chi connectivity index (χ0) is 17.5. The van der Waals surface area contributed by atoms with Crippen LogP contribution in [-0.2, 0) is 14.3 Å². The highest BCUT2D eigenvalue weighted by molar-refractivity contribution is 5.97. The number of hydrogen-bond donors (Lipinski definition) is 1. The van der Waals surface area contributed by atoms with Crippen LogP contribution in [0, 0.1) is 5.82 Å². The minimum Gasteiger partial charge on any atom is -0.472 e. The number of furan rings is 1. The largest absolute Gasteiger partial charge is 0.472 e. The van der Waals surface area contributed by atoms with Gasteiger partial charge in [0.1, 0.15) is 12.1 Å². The molecule has 8 heteroatoms. The highest BCUT2D eigenvalue weighted by Gasteiger charge is 2.19. The highest BCUT2D eigenvalue weighted by atomic mass is 19.1. The Balaban J connectivity index is 2.04. The third-order valence-electron chi connectivity index (χ3n) is 3.10. The van der Waals surface area contributed by atoms with Gasteiger partial charge in [-0.15, -0.1) is 0 Å². The quantitative estimate of drug-likeness (QED) is 0.773. The van der Waals surface area contributed by atoms with Crippen LogP contribution < -0.4 is 10.6 Å². The molecule has 0 aliphatic heterocycles. The molecule has 0 spiro atoms. The van der Waals surface area contributed by atoms with Crippen molar-refractivity contribution in [1.82, 2.24) is 0 Å². The van der Waals surface area contributed by atoms with Crippen LogP contribution in [0.1, 0.15) is 16.8 Å². The van der Waals surface area contributed by atoms with Crippen LogP contribution in [-0.4, -0.2) is 30.9 Å². The minimum absolute atomic E-state index is 0.0109. The second-order valence-corrected chi connectivity index (χ2v) is 4.83. The van der Waals surface area contributed by atoms with E-state index in [4.69, 9.17) is 14.9 Å². The van der Waals surface area contributed by atoms with Gasteiger partial charge in [0.2, 0.25) is 5.91 Å². The van der Waals surface area contributed by atoms with E-state index >= 15 is 0 Å². The zero-order valence-corrected chi connectivity index (χ0v) is 12.6. The third kappa shape index (κ3) is 4.67. The Labute approximate surface area is 136 Å². The number of ether oxygens (including phenoxy) is 1. The standard InChI is InChI=1S/C16H15FN2O5/c17-12-1-3-13(4-2-12)19(7-5-14(18)20)15(21)10-24-16(22)11-6-8-23-9-11/h1-4,6,8-9H,5,7,10H2,(H2,18,20). The predicted octanol–water partition coefficient (Wildman–Crippen LogP) is 1.48. The van der Waals surface area contributed by atoms with Gasteiger partial charge in [-0.05, 0) is 30.3 Å². The number of benzene rings is 1. The minimum atomic E-state index is -0.717. The number of hydrogen-bond acceptors (Lipinski definition) is 5. The van der Waals surface area contributed by atoms with E-state index < -0.39 is 30.2 Å². The van der Waals surface area contributed by atoms with Gasteiger partial charge in [-0.3, -0.25) is 9.59 Å². The van der Waals surface area contributed by atoms with Gasteiger partial charge in [0.25, 0.3) is 5.91 Å². The van der Waals surface area contributed by atoms with E-state index in [-0.39, 0.29) is 18.5 Å². The molecular formula is C16H15FN2O5. The number of carbonyl (C=O) groups is 3. The molecule has 2 rings (SSSR count). The second kappa shape index (κ2) is 7.91. The summed E-state index contributed by atoms with van der Waals surface area (Å²) in [5, 5.41) is 0. The number of nitrogens with two attached hydrogens (primary N) is 1. The Hall–Kier alpha value is -3.16. The molecule has 0 aliphatic rings. The molecule has 7 nitrogen and oxygen atoms in total. The molecule has 1 aromatic heterocycles. The maximum Gasteiger partial charge on any atom is 0.341 e. The molecule has 2 N–H and O–H groups in total. The molecule has 1 aromatic carbocycles. The van der Waals surface area contributed by atoms with E-state index in [1.165, 1.54) is 47.8 Å². The van der Waals surface area contributed by atoms with Crippen molar-refractivity contribution >= 4 is 23.5 Å². The maximum absolute atomic E-state index is 13.0. The van der Waals surface area contributed by atoms with Crippen molar-refractivity contribution in [3.05, 3.63) is 54.2 Å². The van der Waals surface area contributed by atoms with Crippen molar-refractivity contribution in [3.63, 3.8) is 0 Å². The van der Waals surface area contributed by atoms with Gasteiger partial charge in [0.15, 0.2) is 6.61 Å². The van der Waals surface area contributed by atoms with Crippen LogP contribution >= 0.6 is 0 Å². The van der Waals surface area contributed by atoms with Crippen LogP contribution in [0.2, 0.25) is 0 Å². The van der Waals surface area contributed by atoms with Crippen molar-refractivity contribution in [3.8, 4) is 0 Å². The first-order valence-electron chi connectivity index (χ1n) is 7.01. The molecule has 0 bridgehead atoms. The summed E-state index contributed by atoms with van der Waals surface area (Å²) in [6, 6.07) is 6.52. The van der Waals surface area contributed by atoms with Gasteiger partial charge in [0, 0.05) is 18.7 Å². The smallest absolute Gasteiger partial charge is 0.341 e. The first kappa shape index (κ1) is 17.2. The maximum atomic E-state index is 13.0. The number of esters is 1. The SMILES string of the molecule is NC(=O)CCN(C(=O)COC(=O)c1ccoc1)c1ccc(F)cc1. The van der Waals surface area contributed by atoms with Crippen LogP contribution in [0.25, 0.3) is 0 Å². The third-order valence-corrected chi connectivity index (χ3v) is 3.10. The van der Waals surface area contributed by atoms with Crippen LogP contribution in [0.15, 0.2) is 47.3 Å². The van der Waals surface area contributed by atoms with Crippen molar-refractivity contribution in [2.45, 2.75) is 6.42 Å². The molecule has 2 aromatic rings. The van der Waals surface area contributed by atoms with Gasteiger partial charge in [-0.1, -0.05) is 0 Å². The van der Waals surface area contributed by atoms with Gasteiger partial charge >= 0.3 is 5.97 Å². The van der Waals surface area contributed by atoms with E-state index in [0.717, 1.165) is 0 Å². The number of anilines is 1. The van der Waals surface area contributed by atoms with E-state index in [1.807, 2.05) is 0 Å². The molecule has 0 fully saturated rings. The Bertz CT molecular complexity index is 713. The summed E-state index contributed by atoms with van der Waals surface area (Å²) in [6.45, 7) is -0.552. The topological polar surface area (TPSA) is 103 Å². The summed E-state index contributed by atoms with van der Waals surface area (Å²) in [4.78, 5) is 36.2. The lowest BCUT2D eigenvalue weighted by molar-refractivity contribution is -0.121. The molecule has 0 saturated carbocycles. The fraction of sp³-hybridized carbons (Fsp3) is 0.188. The number of rotatable bonds is 7. The van der Waals surface area contributed by atoms with E-state index in [9.17, 15) is 18.8 Å². The Morgan fingerprint density at radius 3 is 2.46 bits per heavy atom. The lowest BCUT2D eigenvalue weighted by Gasteiger charge is -2.22. The van der Waals surface area contributed by atoms with Crippen LogP contribution in [0.4, 0.5) is 10.1 Å². The van der Waals surface area contributed by atoms with Crippen LogP contribution in [0.3, 0.4) is 0 Å². The molecule has 0 saturated heterocycles. The van der Waals surface area contributed by atoms with Crippen molar-refractivity contribution < 1.29 is 27.9 Å². The van der Waals surface area contributed by atoms with Crippen molar-refractivity contribution in [1.29, 1.82) is 0 Å². The molecular weight excluding hydrogens is 319 g/mol. The summed E-state index contributed by atoms with van der Waals surface area (Å²) in [7, 11) is 0. The highest BCUT2D eigenvalue weighted by Crippen LogP contribution is 2.16. The van der Waals surface area contributed by atoms with E-state index in [0.29, 0.717) is 5.69 Å². The molecule has 0 unspecified atom stereocenters. The number of nitrogens with zero attached hydrogens (tertiary/aromatic N) is 1. The van der Waals surface area contributed by atoms with E-state index in [2.05, 4.69) is 0 Å². The Morgan fingerprint density at radius 1 is 1.17 bits per heavy atom. The molecule has 1 heterocycles. The van der Waals surface area contributed by atoms with Gasteiger partial charge in [0.05, 0.1) is 11.8 Å². The summed E-state index contributed by atoms with van der Waals surface area (Å²) in [5.41, 5.74) is 5.63. The average Bonchev–Trinajstić information content (AvgIpc) is 3.08. The second-order valence-electron chi connectivity index (χ2n) is 4.83. The molecule has 0 atom stereocenters. The summed E-state index contributed by atoms with van der Waals surface area (Å²) in [6.07, 6.45) is 2.41. The molecule has 24 heavy (non-hydrogen) atoms. The van der Waals surface area contributed by atoms with E-state index in [1.54, 1.807) is 0 Å². The Morgan fingerprint density at radius 2 is 1.88 bits per heavy atom. The predicted molar refractivity (Wildman–Crippen MR) is 81.6 cm³/mol. The zero-order valence-electron chi connectivity index (χ0n) is 12.6. The first-order chi connectivity index (χ1) is 11.5. The number of halogens is 1. The number of carbonyl (C=O) groups excluding carboxylic acids is 3. The van der Waals surface area contributed by atoms with Gasteiger partial charge in [-0.2, -0.15) is 0 Å². The number of primary amides is 1. The van der Waals surface area contributed by atoms with Crippen molar-refractivity contribution in [2.24, 2.45) is 5.73 Å². The number of amides is 2. The Kier molecular flexibility index (Phi) is 5.67. The summed E-state index contributed by atoms with van der Waals surface area (Å²) < 4.78 is 22.7. The lowest BCUT2D eigenvalue weighted by atomic mass is 10.2. The molecule has 0 radical (unpaired) electrons. The lowest BCUT2D eigenvalue weighted by Crippen LogP contribution is -2.37. The molecule has 126 valence electrons. The van der Waals surface area contributed by atoms with Crippen LogP contribution in [0.5, 0.6) is 0 Å². The fourth-order valence-corrected chi connectivity index (χ4v) is 1.91. The van der Waals surface area contributed by atoms with Gasteiger partial charge in [-0.25, -0.2) is 9.18 Å². The normalized spacial score (nSPS) is 10.2.